The summed E-state index contributed by atoms with van der Waals surface area (Å²) in [5.41, 5.74) is -3.75. The molecule has 5 aromatic carbocycles. The highest BCUT2D eigenvalue weighted by atomic mass is 19.3. The van der Waals surface area contributed by atoms with Gasteiger partial charge in [0.05, 0.1) is 44.5 Å². The maximum Gasteiger partial charge on any atom is 0.286 e. The number of hydrogen-bond acceptors (Lipinski definition) is 3. The van der Waals surface area contributed by atoms with Crippen LogP contribution in [0.3, 0.4) is 0 Å². The van der Waals surface area contributed by atoms with Crippen molar-refractivity contribution in [3.63, 3.8) is 0 Å². The topological polar surface area (TPSA) is 76.3 Å². The highest BCUT2D eigenvalue weighted by molar-refractivity contribution is 6.12. The fourth-order valence-electron chi connectivity index (χ4n) is 6.62. The Balaban J connectivity index is 1.70. The van der Waals surface area contributed by atoms with E-state index in [4.69, 9.17) is 0 Å². The van der Waals surface area contributed by atoms with E-state index in [9.17, 15) is 15.8 Å². The molecule has 0 amide bonds. The van der Waals surface area contributed by atoms with Crippen LogP contribution in [0.4, 0.5) is 17.6 Å². The lowest BCUT2D eigenvalue weighted by atomic mass is 9.83. The van der Waals surface area contributed by atoms with E-state index in [0.717, 1.165) is 36.1 Å². The van der Waals surface area contributed by atoms with Crippen molar-refractivity contribution in [1.29, 1.82) is 15.8 Å². The summed E-state index contributed by atoms with van der Waals surface area (Å²) < 4.78 is 66.6. The molecule has 4 nitrogen and oxygen atoms in total. The number of aromatic nitrogens is 1. The van der Waals surface area contributed by atoms with Crippen molar-refractivity contribution < 1.29 is 17.6 Å². The molecule has 0 unspecified atom stereocenters. The first-order valence-corrected chi connectivity index (χ1v) is 14.4. The molecular formula is C38H22F4N4. The van der Waals surface area contributed by atoms with Crippen molar-refractivity contribution in [1.82, 2.24) is 4.57 Å². The van der Waals surface area contributed by atoms with Crippen molar-refractivity contribution in [3.8, 4) is 46.1 Å². The molecule has 1 aromatic heterocycles. The smallest absolute Gasteiger partial charge is 0.286 e. The normalized spacial score (nSPS) is 15.6. The third-order valence-electron chi connectivity index (χ3n) is 9.21. The van der Waals surface area contributed by atoms with Gasteiger partial charge in [0.1, 0.15) is 23.6 Å². The van der Waals surface area contributed by atoms with E-state index in [1.165, 1.54) is 4.57 Å². The lowest BCUT2D eigenvalue weighted by Gasteiger charge is -2.32. The van der Waals surface area contributed by atoms with E-state index in [-0.39, 0.29) is 0 Å². The molecule has 1 aliphatic carbocycles. The van der Waals surface area contributed by atoms with Crippen LogP contribution in [0, 0.1) is 39.4 Å². The average molecular weight is 611 g/mol. The second-order valence-corrected chi connectivity index (χ2v) is 11.9. The van der Waals surface area contributed by atoms with Gasteiger partial charge >= 0.3 is 0 Å². The number of nitrogens with zero attached hydrogens (tertiary/aromatic N) is 4. The molecular weight excluding hydrogens is 588 g/mol. The van der Waals surface area contributed by atoms with Crippen LogP contribution in [0.15, 0.2) is 97.1 Å². The zero-order chi connectivity index (χ0) is 32.6. The highest BCUT2D eigenvalue weighted by Crippen LogP contribution is 2.67. The molecule has 0 fully saturated rings. The Bertz CT molecular complexity index is 2270. The number of fused-ring (bicyclic) bond motifs is 4. The van der Waals surface area contributed by atoms with Crippen LogP contribution in [0.2, 0.25) is 0 Å². The maximum atomic E-state index is 16.5. The van der Waals surface area contributed by atoms with E-state index in [2.05, 4.69) is 0 Å². The van der Waals surface area contributed by atoms with Crippen LogP contribution in [0.1, 0.15) is 41.7 Å². The molecule has 0 saturated heterocycles. The summed E-state index contributed by atoms with van der Waals surface area (Å²) in [6.45, 7) is 1.47. The van der Waals surface area contributed by atoms with Crippen molar-refractivity contribution in [2.45, 2.75) is 25.7 Å². The molecule has 6 aromatic rings. The quantitative estimate of drug-likeness (QED) is 0.187. The Labute approximate surface area is 261 Å². The molecule has 46 heavy (non-hydrogen) atoms. The molecule has 0 N–H and O–H groups in total. The van der Waals surface area contributed by atoms with E-state index in [0.29, 0.717) is 21.8 Å². The summed E-state index contributed by atoms with van der Waals surface area (Å²) in [6.07, 6.45) is 0. The number of rotatable bonds is 3. The van der Waals surface area contributed by atoms with E-state index < -0.39 is 50.8 Å². The summed E-state index contributed by atoms with van der Waals surface area (Å²) in [5.74, 6) is -8.39. The first-order chi connectivity index (χ1) is 22.0. The summed E-state index contributed by atoms with van der Waals surface area (Å²) in [5, 5.41) is 31.7. The van der Waals surface area contributed by atoms with Gasteiger partial charge in [-0.05, 0) is 60.4 Å². The molecule has 7 rings (SSSR count). The summed E-state index contributed by atoms with van der Waals surface area (Å²) in [6, 6.07) is 35.0. The monoisotopic (exact) mass is 610 g/mol. The predicted octanol–water partition coefficient (Wildman–Crippen LogP) is 9.96. The lowest BCUT2D eigenvalue weighted by Crippen LogP contribution is -2.39. The van der Waals surface area contributed by atoms with Gasteiger partial charge < -0.3 is 4.57 Å². The number of halogens is 4. The number of hydrogen-bond donors (Lipinski definition) is 0. The van der Waals surface area contributed by atoms with Crippen LogP contribution in [-0.2, 0) is 11.8 Å². The van der Waals surface area contributed by atoms with Crippen LogP contribution in [0.5, 0.6) is 0 Å². The highest BCUT2D eigenvalue weighted by Gasteiger charge is 2.72. The van der Waals surface area contributed by atoms with Gasteiger partial charge in [0.2, 0.25) is 0 Å². The van der Waals surface area contributed by atoms with Crippen LogP contribution in [0.25, 0.3) is 49.7 Å². The molecule has 0 atom stereocenters. The lowest BCUT2D eigenvalue weighted by molar-refractivity contribution is -0.212. The van der Waals surface area contributed by atoms with Crippen LogP contribution in [-0.4, -0.2) is 4.57 Å². The number of benzene rings is 5. The Morgan fingerprint density at radius 2 is 0.957 bits per heavy atom. The van der Waals surface area contributed by atoms with Gasteiger partial charge in [-0.3, -0.25) is 0 Å². The molecule has 222 valence electrons. The SMILES string of the molecule is CC1(C)C(F)(F)c2c(C#N)c(C#N)c(C#N)c(-n3c4ccc(-c5ccccc5)cc4c4cc(-c5ccccc5)ccc43)c2C1(F)F. The van der Waals surface area contributed by atoms with Crippen molar-refractivity contribution >= 4 is 21.8 Å². The molecule has 1 heterocycles. The van der Waals surface area contributed by atoms with Gasteiger partial charge in [0, 0.05) is 10.8 Å². The minimum Gasteiger partial charge on any atom is -0.307 e. The standard InChI is InChI=1S/C38H22F4N4/c1-36(2)37(39,40)33-29(20-44)28(19-43)30(21-45)35(34(33)38(36,41)42)46-31-15-13-24(22-9-5-3-6-10-22)17-26(31)27-18-25(14-16-32(27)46)23-11-7-4-8-12-23/h3-18H,1-2H3. The van der Waals surface area contributed by atoms with Gasteiger partial charge in [-0.15, -0.1) is 0 Å². The zero-order valence-electron chi connectivity index (χ0n) is 24.5. The summed E-state index contributed by atoms with van der Waals surface area (Å²) in [7, 11) is 0. The zero-order valence-corrected chi connectivity index (χ0v) is 24.5. The summed E-state index contributed by atoms with van der Waals surface area (Å²) >= 11 is 0. The second kappa shape index (κ2) is 9.80. The Kier molecular flexibility index (Phi) is 6.14. The van der Waals surface area contributed by atoms with Gasteiger partial charge in [-0.1, -0.05) is 72.8 Å². The minimum atomic E-state index is -4.20. The maximum absolute atomic E-state index is 16.5. The van der Waals surface area contributed by atoms with E-state index >= 15 is 17.6 Å². The van der Waals surface area contributed by atoms with Crippen LogP contribution >= 0.6 is 0 Å². The Hall–Kier alpha value is -5.91. The Morgan fingerprint density at radius 1 is 0.522 bits per heavy atom. The Morgan fingerprint density at radius 3 is 1.39 bits per heavy atom. The molecule has 0 aliphatic heterocycles. The van der Waals surface area contributed by atoms with E-state index in [1.54, 1.807) is 36.4 Å². The number of alkyl halides is 4. The fourth-order valence-corrected chi connectivity index (χ4v) is 6.62. The first-order valence-electron chi connectivity index (χ1n) is 14.4. The van der Waals surface area contributed by atoms with Crippen LogP contribution < -0.4 is 0 Å². The fraction of sp³-hybridized carbons (Fsp3) is 0.132. The third kappa shape index (κ3) is 3.63. The van der Waals surface area contributed by atoms with E-state index in [1.807, 2.05) is 78.9 Å². The third-order valence-corrected chi connectivity index (χ3v) is 9.21. The van der Waals surface area contributed by atoms with Gasteiger partial charge in [0.25, 0.3) is 11.8 Å². The number of nitriles is 3. The minimum absolute atomic E-state index is 0.371. The second-order valence-electron chi connectivity index (χ2n) is 11.9. The van der Waals surface area contributed by atoms with Crippen molar-refractivity contribution in [2.75, 3.05) is 0 Å². The summed E-state index contributed by atoms with van der Waals surface area (Å²) in [4.78, 5) is 0. The molecule has 0 saturated carbocycles. The molecule has 1 aliphatic rings. The molecule has 0 spiro atoms. The van der Waals surface area contributed by atoms with Gasteiger partial charge in [0.15, 0.2) is 0 Å². The molecule has 0 radical (unpaired) electrons. The van der Waals surface area contributed by atoms with Gasteiger partial charge in [-0.25, -0.2) is 17.6 Å². The predicted molar refractivity (Wildman–Crippen MR) is 167 cm³/mol. The van der Waals surface area contributed by atoms with Crippen molar-refractivity contribution in [3.05, 3.63) is 125 Å². The molecule has 0 bridgehead atoms. The van der Waals surface area contributed by atoms with Crippen molar-refractivity contribution in [2.24, 2.45) is 5.41 Å². The average Bonchev–Trinajstić information content (AvgIpc) is 3.44. The largest absolute Gasteiger partial charge is 0.307 e. The first kappa shape index (κ1) is 28.8. The molecule has 8 heteroatoms. The van der Waals surface area contributed by atoms with Gasteiger partial charge in [-0.2, -0.15) is 15.8 Å².